The molecule has 0 aromatic carbocycles. The lowest BCUT2D eigenvalue weighted by Gasteiger charge is -2.20. The molecule has 2 atom stereocenters. The second-order valence-corrected chi connectivity index (χ2v) is 6.72. The molecule has 22 heavy (non-hydrogen) atoms. The SMILES string of the molecule is C[C@@H](Oc1cc(Cl)cn2ncc(C3CC3)c12)C1CNC(=O)C1. The van der Waals surface area contributed by atoms with Crippen molar-refractivity contribution >= 4 is 23.0 Å². The Kier molecular flexibility index (Phi) is 3.26. The van der Waals surface area contributed by atoms with Gasteiger partial charge in [0.05, 0.1) is 11.2 Å². The number of nitrogens with zero attached hydrogens (tertiary/aromatic N) is 2. The van der Waals surface area contributed by atoms with Crippen molar-refractivity contribution < 1.29 is 9.53 Å². The Hall–Kier alpha value is -1.75. The van der Waals surface area contributed by atoms with Gasteiger partial charge in [-0.2, -0.15) is 5.10 Å². The van der Waals surface area contributed by atoms with Gasteiger partial charge < -0.3 is 10.1 Å². The van der Waals surface area contributed by atoms with Crippen molar-refractivity contribution in [1.29, 1.82) is 0 Å². The highest BCUT2D eigenvalue weighted by Crippen LogP contribution is 2.44. The number of aromatic nitrogens is 2. The van der Waals surface area contributed by atoms with Gasteiger partial charge in [0.1, 0.15) is 17.4 Å². The third-order valence-corrected chi connectivity index (χ3v) is 4.78. The molecule has 0 bridgehead atoms. The molecule has 1 saturated carbocycles. The Bertz CT molecular complexity index is 738. The smallest absolute Gasteiger partial charge is 0.220 e. The second kappa shape index (κ2) is 5.16. The molecule has 5 nitrogen and oxygen atoms in total. The number of hydrogen-bond acceptors (Lipinski definition) is 3. The minimum Gasteiger partial charge on any atom is -0.488 e. The van der Waals surface area contributed by atoms with Gasteiger partial charge >= 0.3 is 0 Å². The maximum atomic E-state index is 11.4. The molecule has 2 aromatic rings. The average molecular weight is 320 g/mol. The molecule has 2 aromatic heterocycles. The molecule has 1 amide bonds. The first-order valence-electron chi connectivity index (χ1n) is 7.72. The van der Waals surface area contributed by atoms with Gasteiger partial charge in [0, 0.05) is 36.7 Å². The largest absolute Gasteiger partial charge is 0.488 e. The lowest BCUT2D eigenvalue weighted by molar-refractivity contribution is -0.119. The van der Waals surface area contributed by atoms with E-state index in [2.05, 4.69) is 10.4 Å². The number of halogens is 1. The molecule has 4 rings (SSSR count). The van der Waals surface area contributed by atoms with Crippen molar-refractivity contribution in [3.05, 3.63) is 29.0 Å². The fourth-order valence-corrected chi connectivity index (χ4v) is 3.31. The minimum atomic E-state index is -0.0526. The van der Waals surface area contributed by atoms with Crippen LogP contribution in [0, 0.1) is 5.92 Å². The third-order valence-electron chi connectivity index (χ3n) is 4.57. The number of carbonyl (C=O) groups is 1. The zero-order valence-electron chi connectivity index (χ0n) is 12.4. The van der Waals surface area contributed by atoms with Gasteiger partial charge in [0.15, 0.2) is 0 Å². The van der Waals surface area contributed by atoms with E-state index in [0.717, 1.165) is 11.3 Å². The molecule has 1 unspecified atom stereocenters. The summed E-state index contributed by atoms with van der Waals surface area (Å²) in [6.07, 6.45) is 6.61. The van der Waals surface area contributed by atoms with E-state index in [4.69, 9.17) is 16.3 Å². The molecule has 2 fully saturated rings. The third kappa shape index (κ3) is 2.43. The maximum Gasteiger partial charge on any atom is 0.220 e. The Morgan fingerprint density at radius 2 is 2.32 bits per heavy atom. The second-order valence-electron chi connectivity index (χ2n) is 6.28. The first kappa shape index (κ1) is 13.9. The molecule has 6 heteroatoms. The van der Waals surface area contributed by atoms with Crippen molar-refractivity contribution in [2.75, 3.05) is 6.54 Å². The predicted molar refractivity (Wildman–Crippen MR) is 83.4 cm³/mol. The van der Waals surface area contributed by atoms with Crippen LogP contribution in [0.25, 0.3) is 5.52 Å². The summed E-state index contributed by atoms with van der Waals surface area (Å²) in [4.78, 5) is 11.4. The van der Waals surface area contributed by atoms with Crippen LogP contribution in [0.4, 0.5) is 0 Å². The molecule has 2 aliphatic rings. The van der Waals surface area contributed by atoms with Crippen LogP contribution >= 0.6 is 11.6 Å². The number of hydrogen-bond donors (Lipinski definition) is 1. The highest BCUT2D eigenvalue weighted by Gasteiger charge is 2.31. The zero-order valence-corrected chi connectivity index (χ0v) is 13.1. The van der Waals surface area contributed by atoms with Crippen molar-refractivity contribution in [2.24, 2.45) is 5.92 Å². The Morgan fingerprint density at radius 3 is 3.00 bits per heavy atom. The molecule has 0 radical (unpaired) electrons. The van der Waals surface area contributed by atoms with E-state index in [1.54, 1.807) is 10.7 Å². The predicted octanol–water partition coefficient (Wildman–Crippen LogP) is 2.77. The number of fused-ring (bicyclic) bond motifs is 1. The summed E-state index contributed by atoms with van der Waals surface area (Å²) in [7, 11) is 0. The summed E-state index contributed by atoms with van der Waals surface area (Å²) in [6.45, 7) is 2.68. The quantitative estimate of drug-likeness (QED) is 0.942. The lowest BCUT2D eigenvalue weighted by atomic mass is 10.0. The summed E-state index contributed by atoms with van der Waals surface area (Å²) in [6, 6.07) is 1.85. The Labute approximate surface area is 133 Å². The van der Waals surface area contributed by atoms with Crippen molar-refractivity contribution in [2.45, 2.75) is 38.2 Å². The zero-order chi connectivity index (χ0) is 15.3. The van der Waals surface area contributed by atoms with Crippen molar-refractivity contribution in [3.8, 4) is 5.75 Å². The van der Waals surface area contributed by atoms with Crippen molar-refractivity contribution in [1.82, 2.24) is 14.9 Å². The number of pyridine rings is 1. The van der Waals surface area contributed by atoms with Crippen LogP contribution in [-0.2, 0) is 4.79 Å². The molecule has 116 valence electrons. The molecule has 1 saturated heterocycles. The van der Waals surface area contributed by atoms with Crippen LogP contribution in [0.3, 0.4) is 0 Å². The first-order valence-corrected chi connectivity index (χ1v) is 8.10. The number of rotatable bonds is 4. The van der Waals surface area contributed by atoms with Crippen LogP contribution in [0.2, 0.25) is 5.02 Å². The van der Waals surface area contributed by atoms with Crippen LogP contribution in [0.5, 0.6) is 5.75 Å². The van der Waals surface area contributed by atoms with Gasteiger partial charge in [-0.05, 0) is 25.7 Å². The summed E-state index contributed by atoms with van der Waals surface area (Å²) >= 11 is 6.19. The normalized spacial score (nSPS) is 22.8. The molecular formula is C16H18ClN3O2. The molecule has 0 spiro atoms. The number of nitrogens with one attached hydrogen (secondary N) is 1. The molecule has 3 heterocycles. The fourth-order valence-electron chi connectivity index (χ4n) is 3.12. The van der Waals surface area contributed by atoms with E-state index < -0.39 is 0 Å². The topological polar surface area (TPSA) is 55.6 Å². The highest BCUT2D eigenvalue weighted by molar-refractivity contribution is 6.30. The van der Waals surface area contributed by atoms with E-state index in [9.17, 15) is 4.79 Å². The average Bonchev–Trinajstić information content (AvgIpc) is 3.08. The summed E-state index contributed by atoms with van der Waals surface area (Å²) < 4.78 is 7.98. The van der Waals surface area contributed by atoms with Crippen molar-refractivity contribution in [3.63, 3.8) is 0 Å². The summed E-state index contributed by atoms with van der Waals surface area (Å²) in [5, 5.41) is 7.86. The molecule has 1 aliphatic heterocycles. The lowest BCUT2D eigenvalue weighted by Crippen LogP contribution is -2.25. The van der Waals surface area contributed by atoms with E-state index in [1.807, 2.05) is 19.2 Å². The van der Waals surface area contributed by atoms with E-state index in [0.29, 0.717) is 23.9 Å². The monoisotopic (exact) mass is 319 g/mol. The molecular weight excluding hydrogens is 302 g/mol. The first-order chi connectivity index (χ1) is 10.6. The fraction of sp³-hybridized carbons (Fsp3) is 0.500. The maximum absolute atomic E-state index is 11.4. The van der Waals surface area contributed by atoms with Gasteiger partial charge in [0.25, 0.3) is 0 Å². The van der Waals surface area contributed by atoms with E-state index >= 15 is 0 Å². The number of amides is 1. The minimum absolute atomic E-state index is 0.0526. The van der Waals surface area contributed by atoms with Crippen LogP contribution in [0.1, 0.15) is 37.7 Å². The standard InChI is InChI=1S/C16H18ClN3O2/c1-9(11-4-15(21)18-6-11)22-14-5-12(17)8-20-16(14)13(7-19-20)10-2-3-10/h5,7-11H,2-4,6H2,1H3,(H,18,21)/t9-,11?/m1/s1. The van der Waals surface area contributed by atoms with Crippen LogP contribution < -0.4 is 10.1 Å². The number of ether oxygens (including phenoxy) is 1. The van der Waals surface area contributed by atoms with Gasteiger partial charge in [-0.1, -0.05) is 11.6 Å². The van der Waals surface area contributed by atoms with Gasteiger partial charge in [-0.15, -0.1) is 0 Å². The van der Waals surface area contributed by atoms with Gasteiger partial charge in [0.2, 0.25) is 5.91 Å². The number of carbonyl (C=O) groups excluding carboxylic acids is 1. The van der Waals surface area contributed by atoms with Crippen LogP contribution in [-0.4, -0.2) is 28.2 Å². The van der Waals surface area contributed by atoms with Gasteiger partial charge in [-0.3, -0.25) is 4.79 Å². The summed E-state index contributed by atoms with van der Waals surface area (Å²) in [5.74, 6) is 1.64. The molecule has 1 aliphatic carbocycles. The summed E-state index contributed by atoms with van der Waals surface area (Å²) in [5.41, 5.74) is 2.25. The van der Waals surface area contributed by atoms with Crippen LogP contribution in [0.15, 0.2) is 18.5 Å². The van der Waals surface area contributed by atoms with Gasteiger partial charge in [-0.25, -0.2) is 4.52 Å². The van der Waals surface area contributed by atoms with E-state index in [-0.39, 0.29) is 17.9 Å². The Balaban J connectivity index is 1.67. The Morgan fingerprint density at radius 1 is 1.50 bits per heavy atom. The highest BCUT2D eigenvalue weighted by atomic mass is 35.5. The van der Waals surface area contributed by atoms with E-state index in [1.165, 1.54) is 18.4 Å². The molecule has 1 N–H and O–H groups in total.